The molecule has 10 heteroatoms. The molecular formula is C22H19N5O5. The van der Waals surface area contributed by atoms with E-state index in [0.717, 1.165) is 0 Å². The predicted octanol–water partition coefficient (Wildman–Crippen LogP) is 3.34. The Morgan fingerprint density at radius 3 is 2.53 bits per heavy atom. The smallest absolute Gasteiger partial charge is 0.359 e. The van der Waals surface area contributed by atoms with Crippen LogP contribution in [0.25, 0.3) is 28.7 Å². The van der Waals surface area contributed by atoms with Crippen LogP contribution in [0.5, 0.6) is 5.75 Å². The fourth-order valence-electron chi connectivity index (χ4n) is 3.10. The quantitative estimate of drug-likeness (QED) is 0.460. The zero-order valence-corrected chi connectivity index (χ0v) is 17.5. The summed E-state index contributed by atoms with van der Waals surface area (Å²) in [7, 11) is 2.77. The molecule has 0 aliphatic carbocycles. The maximum Gasteiger partial charge on any atom is 0.359 e. The Morgan fingerprint density at radius 1 is 1.06 bits per heavy atom. The number of rotatable bonds is 6. The Morgan fingerprint density at radius 2 is 1.84 bits per heavy atom. The molecule has 1 N–H and O–H groups in total. The number of nitrogens with one attached hydrogen (secondary N) is 1. The fraction of sp³-hybridized carbons (Fsp3) is 0.136. The third-order valence-corrected chi connectivity index (χ3v) is 4.52. The Balaban J connectivity index is 1.92. The number of nitrogens with zero attached hydrogens (tertiary/aromatic N) is 4. The standard InChI is InChI=1S/C22H19N5O5/c1-13(28)23-17-18(20-24-21(32-26-20)14-8-5-4-6-9-14)25-27(19(17)22(29)31-3)15-10-7-11-16(12-15)30-2/h4-12H,1-3H3,(H,23,28). The van der Waals surface area contributed by atoms with Gasteiger partial charge >= 0.3 is 5.97 Å². The van der Waals surface area contributed by atoms with E-state index < -0.39 is 11.9 Å². The minimum absolute atomic E-state index is 0.00276. The summed E-state index contributed by atoms with van der Waals surface area (Å²) in [5, 5.41) is 11.2. The summed E-state index contributed by atoms with van der Waals surface area (Å²) >= 11 is 0. The molecule has 4 rings (SSSR count). The summed E-state index contributed by atoms with van der Waals surface area (Å²) in [5.41, 5.74) is 1.47. The molecular weight excluding hydrogens is 414 g/mol. The molecule has 0 aliphatic rings. The number of hydrogen-bond donors (Lipinski definition) is 1. The average Bonchev–Trinajstić information content (AvgIpc) is 3.44. The topological polar surface area (TPSA) is 121 Å². The fourth-order valence-corrected chi connectivity index (χ4v) is 3.10. The van der Waals surface area contributed by atoms with E-state index in [4.69, 9.17) is 14.0 Å². The van der Waals surface area contributed by atoms with E-state index >= 15 is 0 Å². The van der Waals surface area contributed by atoms with Gasteiger partial charge in [0.2, 0.25) is 11.7 Å². The molecule has 2 aromatic heterocycles. The highest BCUT2D eigenvalue weighted by Crippen LogP contribution is 2.33. The number of hydrogen-bond acceptors (Lipinski definition) is 8. The molecule has 0 radical (unpaired) electrons. The van der Waals surface area contributed by atoms with Gasteiger partial charge in [-0.05, 0) is 24.3 Å². The molecule has 0 fully saturated rings. The number of carbonyl (C=O) groups excluding carboxylic acids is 2. The largest absolute Gasteiger partial charge is 0.497 e. The monoisotopic (exact) mass is 433 g/mol. The van der Waals surface area contributed by atoms with Gasteiger partial charge in [-0.15, -0.1) is 0 Å². The van der Waals surface area contributed by atoms with E-state index in [1.807, 2.05) is 30.3 Å². The second kappa shape index (κ2) is 8.72. The van der Waals surface area contributed by atoms with Crippen LogP contribution in [0.15, 0.2) is 59.1 Å². The first kappa shape index (κ1) is 20.8. The number of amides is 1. The third kappa shape index (κ3) is 3.93. The number of methoxy groups -OCH3 is 2. The van der Waals surface area contributed by atoms with Crippen molar-refractivity contribution < 1.29 is 23.6 Å². The van der Waals surface area contributed by atoms with Crippen LogP contribution >= 0.6 is 0 Å². The van der Waals surface area contributed by atoms with Crippen LogP contribution < -0.4 is 10.1 Å². The van der Waals surface area contributed by atoms with Crippen LogP contribution in [-0.4, -0.2) is 46.0 Å². The van der Waals surface area contributed by atoms with Crippen molar-refractivity contribution in [1.82, 2.24) is 19.9 Å². The van der Waals surface area contributed by atoms with Crippen molar-refractivity contribution in [1.29, 1.82) is 0 Å². The van der Waals surface area contributed by atoms with Crippen LogP contribution in [0.2, 0.25) is 0 Å². The van der Waals surface area contributed by atoms with E-state index in [0.29, 0.717) is 17.0 Å². The van der Waals surface area contributed by atoms with Crippen molar-refractivity contribution in [3.8, 4) is 34.4 Å². The van der Waals surface area contributed by atoms with Gasteiger partial charge in [0, 0.05) is 18.6 Å². The normalized spacial score (nSPS) is 10.6. The molecule has 10 nitrogen and oxygen atoms in total. The molecule has 0 unspecified atom stereocenters. The first-order chi connectivity index (χ1) is 15.5. The summed E-state index contributed by atoms with van der Waals surface area (Å²) in [6, 6.07) is 16.1. The molecule has 0 saturated carbocycles. The lowest BCUT2D eigenvalue weighted by atomic mass is 10.2. The van der Waals surface area contributed by atoms with Crippen LogP contribution in [-0.2, 0) is 9.53 Å². The highest BCUT2D eigenvalue weighted by molar-refractivity contribution is 6.03. The minimum Gasteiger partial charge on any atom is -0.497 e. The first-order valence-corrected chi connectivity index (χ1v) is 9.54. The van der Waals surface area contributed by atoms with Gasteiger partial charge in [0.15, 0.2) is 11.4 Å². The van der Waals surface area contributed by atoms with Gasteiger partial charge in [0.05, 0.1) is 19.9 Å². The highest BCUT2D eigenvalue weighted by atomic mass is 16.5. The number of anilines is 1. The highest BCUT2D eigenvalue weighted by Gasteiger charge is 2.29. The van der Waals surface area contributed by atoms with E-state index in [1.54, 1.807) is 24.3 Å². The zero-order chi connectivity index (χ0) is 22.7. The van der Waals surface area contributed by atoms with Crippen LogP contribution in [0.3, 0.4) is 0 Å². The van der Waals surface area contributed by atoms with Crippen molar-refractivity contribution in [2.24, 2.45) is 0 Å². The number of carbonyl (C=O) groups is 2. The third-order valence-electron chi connectivity index (χ3n) is 4.52. The Labute approximate surface area is 182 Å². The molecule has 0 aliphatic heterocycles. The van der Waals surface area contributed by atoms with Gasteiger partial charge in [-0.1, -0.05) is 29.4 Å². The van der Waals surface area contributed by atoms with Crippen LogP contribution in [0.1, 0.15) is 17.4 Å². The van der Waals surface area contributed by atoms with Crippen molar-refractivity contribution >= 4 is 17.6 Å². The predicted molar refractivity (Wildman–Crippen MR) is 114 cm³/mol. The SMILES string of the molecule is COC(=O)c1c(NC(C)=O)c(-c2noc(-c3ccccc3)n2)nn1-c1cccc(OC)c1. The summed E-state index contributed by atoms with van der Waals surface area (Å²) in [6.07, 6.45) is 0. The maximum absolute atomic E-state index is 12.7. The Hall–Kier alpha value is -4.47. The van der Waals surface area contributed by atoms with E-state index in [9.17, 15) is 9.59 Å². The Kier molecular flexibility index (Phi) is 5.67. The molecule has 162 valence electrons. The Bertz CT molecular complexity index is 1280. The van der Waals surface area contributed by atoms with Gasteiger partial charge in [0.1, 0.15) is 11.4 Å². The molecule has 0 bridgehead atoms. The van der Waals surface area contributed by atoms with Gasteiger partial charge in [-0.25, -0.2) is 9.48 Å². The second-order valence-corrected chi connectivity index (χ2v) is 6.65. The van der Waals surface area contributed by atoms with Gasteiger partial charge < -0.3 is 19.3 Å². The molecule has 2 heterocycles. The minimum atomic E-state index is -0.706. The van der Waals surface area contributed by atoms with Crippen LogP contribution in [0.4, 0.5) is 5.69 Å². The van der Waals surface area contributed by atoms with Crippen LogP contribution in [0, 0.1) is 0 Å². The molecule has 1 amide bonds. The summed E-state index contributed by atoms with van der Waals surface area (Å²) in [6.45, 7) is 1.32. The van der Waals surface area contributed by atoms with Gasteiger partial charge in [-0.3, -0.25) is 4.79 Å². The summed E-state index contributed by atoms with van der Waals surface area (Å²) in [5.74, 6) is -0.192. The summed E-state index contributed by atoms with van der Waals surface area (Å²) in [4.78, 5) is 29.1. The number of esters is 1. The zero-order valence-electron chi connectivity index (χ0n) is 17.5. The molecule has 0 spiro atoms. The van der Waals surface area contributed by atoms with Crippen molar-refractivity contribution in [2.45, 2.75) is 6.92 Å². The molecule has 0 saturated heterocycles. The number of aromatic nitrogens is 4. The van der Waals surface area contributed by atoms with Gasteiger partial charge in [0.25, 0.3) is 5.89 Å². The van der Waals surface area contributed by atoms with Gasteiger partial charge in [-0.2, -0.15) is 10.1 Å². The maximum atomic E-state index is 12.7. The van der Waals surface area contributed by atoms with Crippen molar-refractivity contribution in [3.63, 3.8) is 0 Å². The molecule has 0 atom stereocenters. The van der Waals surface area contributed by atoms with E-state index in [2.05, 4.69) is 20.6 Å². The van der Waals surface area contributed by atoms with E-state index in [-0.39, 0.29) is 28.8 Å². The second-order valence-electron chi connectivity index (χ2n) is 6.65. The lowest BCUT2D eigenvalue weighted by Gasteiger charge is -2.09. The van der Waals surface area contributed by atoms with Crippen molar-refractivity contribution in [3.05, 3.63) is 60.3 Å². The molecule has 2 aromatic carbocycles. The number of ether oxygens (including phenoxy) is 2. The molecule has 32 heavy (non-hydrogen) atoms. The average molecular weight is 433 g/mol. The number of benzene rings is 2. The molecule has 4 aromatic rings. The van der Waals surface area contributed by atoms with E-state index in [1.165, 1.54) is 25.8 Å². The lowest BCUT2D eigenvalue weighted by Crippen LogP contribution is -2.15. The van der Waals surface area contributed by atoms with Crippen molar-refractivity contribution in [2.75, 3.05) is 19.5 Å². The lowest BCUT2D eigenvalue weighted by molar-refractivity contribution is -0.114. The summed E-state index contributed by atoms with van der Waals surface area (Å²) < 4.78 is 17.0. The first-order valence-electron chi connectivity index (χ1n) is 9.54.